The van der Waals surface area contributed by atoms with E-state index in [4.69, 9.17) is 9.47 Å². The maximum absolute atomic E-state index is 10.9. The molecule has 0 radical (unpaired) electrons. The zero-order valence-electron chi connectivity index (χ0n) is 12.3. The van der Waals surface area contributed by atoms with E-state index < -0.39 is 4.92 Å². The van der Waals surface area contributed by atoms with Crippen LogP contribution in [0.2, 0.25) is 0 Å². The molecule has 5 heteroatoms. The number of nitro groups is 1. The first-order chi connectivity index (χ1) is 10.0. The van der Waals surface area contributed by atoms with Crippen molar-refractivity contribution in [1.29, 1.82) is 0 Å². The van der Waals surface area contributed by atoms with Crippen LogP contribution in [0.15, 0.2) is 36.4 Å². The molecule has 21 heavy (non-hydrogen) atoms. The largest absolute Gasteiger partial charge is 0.496 e. The lowest BCUT2D eigenvalue weighted by Gasteiger charge is -2.13. The third-order valence-corrected chi connectivity index (χ3v) is 3.26. The van der Waals surface area contributed by atoms with E-state index in [1.807, 2.05) is 32.0 Å². The lowest BCUT2D eigenvalue weighted by Crippen LogP contribution is -2.02. The van der Waals surface area contributed by atoms with Crippen molar-refractivity contribution in [3.8, 4) is 11.5 Å². The number of benzene rings is 2. The molecule has 0 aromatic heterocycles. The van der Waals surface area contributed by atoms with E-state index in [9.17, 15) is 10.1 Å². The molecule has 0 saturated carbocycles. The van der Waals surface area contributed by atoms with Crippen molar-refractivity contribution in [2.45, 2.75) is 20.5 Å². The van der Waals surface area contributed by atoms with E-state index in [0.29, 0.717) is 11.3 Å². The smallest absolute Gasteiger partial charge is 0.270 e. The number of hydrogen-bond acceptors (Lipinski definition) is 4. The van der Waals surface area contributed by atoms with Gasteiger partial charge < -0.3 is 9.47 Å². The van der Waals surface area contributed by atoms with Crippen LogP contribution >= 0.6 is 0 Å². The second-order valence-electron chi connectivity index (χ2n) is 4.76. The van der Waals surface area contributed by atoms with E-state index in [1.165, 1.54) is 19.2 Å². The van der Waals surface area contributed by atoms with Gasteiger partial charge in [-0.15, -0.1) is 0 Å². The van der Waals surface area contributed by atoms with E-state index in [1.54, 1.807) is 6.07 Å². The van der Waals surface area contributed by atoms with Crippen molar-refractivity contribution < 1.29 is 14.4 Å². The van der Waals surface area contributed by atoms with Gasteiger partial charge in [-0.3, -0.25) is 10.1 Å². The highest BCUT2D eigenvalue weighted by atomic mass is 16.6. The molecule has 2 aromatic carbocycles. The fourth-order valence-corrected chi connectivity index (χ4v) is 2.17. The summed E-state index contributed by atoms with van der Waals surface area (Å²) in [5, 5.41) is 10.9. The molecular weight excluding hydrogens is 270 g/mol. The molecule has 110 valence electrons. The molecule has 2 rings (SSSR count). The average Bonchev–Trinajstić information content (AvgIpc) is 2.46. The Bertz CT molecular complexity index is 647. The first kappa shape index (κ1) is 14.8. The summed E-state index contributed by atoms with van der Waals surface area (Å²) in [6.45, 7) is 4.15. The fraction of sp³-hybridized carbons (Fsp3) is 0.250. The topological polar surface area (TPSA) is 61.6 Å². The molecule has 0 heterocycles. The summed E-state index contributed by atoms with van der Waals surface area (Å²) >= 11 is 0. The van der Waals surface area contributed by atoms with Crippen LogP contribution in [-0.2, 0) is 6.61 Å². The van der Waals surface area contributed by atoms with Gasteiger partial charge >= 0.3 is 0 Å². The SMILES string of the molecule is COc1ccc([N+](=O)[O-])cc1COc1c(C)cccc1C. The van der Waals surface area contributed by atoms with E-state index in [0.717, 1.165) is 16.9 Å². The van der Waals surface area contributed by atoms with Gasteiger partial charge in [0.2, 0.25) is 0 Å². The van der Waals surface area contributed by atoms with Gasteiger partial charge in [0.05, 0.1) is 12.0 Å². The van der Waals surface area contributed by atoms with Gasteiger partial charge in [0.15, 0.2) is 0 Å². The number of rotatable bonds is 5. The maximum atomic E-state index is 10.9. The normalized spacial score (nSPS) is 10.2. The Morgan fingerprint density at radius 1 is 1.14 bits per heavy atom. The summed E-state index contributed by atoms with van der Waals surface area (Å²) in [6.07, 6.45) is 0. The van der Waals surface area contributed by atoms with E-state index >= 15 is 0 Å². The van der Waals surface area contributed by atoms with Crippen molar-refractivity contribution in [2.75, 3.05) is 7.11 Å². The number of methoxy groups -OCH3 is 1. The molecule has 0 bridgehead atoms. The second-order valence-corrected chi connectivity index (χ2v) is 4.76. The van der Waals surface area contributed by atoms with Gasteiger partial charge in [-0.1, -0.05) is 18.2 Å². The minimum Gasteiger partial charge on any atom is -0.496 e. The molecule has 5 nitrogen and oxygen atoms in total. The summed E-state index contributed by atoms with van der Waals surface area (Å²) in [6, 6.07) is 10.4. The molecule has 0 N–H and O–H groups in total. The Morgan fingerprint density at radius 3 is 2.38 bits per heavy atom. The molecule has 0 aliphatic carbocycles. The maximum Gasteiger partial charge on any atom is 0.270 e. The molecule has 0 fully saturated rings. The van der Waals surface area contributed by atoms with Crippen molar-refractivity contribution in [1.82, 2.24) is 0 Å². The Balaban J connectivity index is 2.26. The molecule has 0 aliphatic rings. The van der Waals surface area contributed by atoms with Crippen LogP contribution in [0.25, 0.3) is 0 Å². The molecule has 0 unspecified atom stereocenters. The van der Waals surface area contributed by atoms with Crippen molar-refractivity contribution >= 4 is 5.69 Å². The van der Waals surface area contributed by atoms with E-state index in [2.05, 4.69) is 0 Å². The number of nitro benzene ring substituents is 1. The monoisotopic (exact) mass is 287 g/mol. The van der Waals surface area contributed by atoms with Gasteiger partial charge in [0.25, 0.3) is 5.69 Å². The van der Waals surface area contributed by atoms with Gasteiger partial charge in [-0.05, 0) is 31.0 Å². The first-order valence-electron chi connectivity index (χ1n) is 6.53. The summed E-state index contributed by atoms with van der Waals surface area (Å²) in [4.78, 5) is 10.4. The van der Waals surface area contributed by atoms with Gasteiger partial charge in [0.1, 0.15) is 18.1 Å². The number of ether oxygens (including phenoxy) is 2. The first-order valence-corrected chi connectivity index (χ1v) is 6.53. The molecule has 0 atom stereocenters. The van der Waals surface area contributed by atoms with Crippen molar-refractivity contribution in [3.05, 3.63) is 63.2 Å². The highest BCUT2D eigenvalue weighted by Gasteiger charge is 2.13. The Kier molecular flexibility index (Phi) is 4.42. The Labute approximate surface area is 123 Å². The average molecular weight is 287 g/mol. The van der Waals surface area contributed by atoms with Crippen LogP contribution in [-0.4, -0.2) is 12.0 Å². The van der Waals surface area contributed by atoms with Crippen LogP contribution in [0.1, 0.15) is 16.7 Å². The molecule has 0 amide bonds. The van der Waals surface area contributed by atoms with E-state index in [-0.39, 0.29) is 12.3 Å². The molecule has 2 aromatic rings. The molecule has 0 saturated heterocycles. The Morgan fingerprint density at radius 2 is 1.81 bits per heavy atom. The number of para-hydroxylation sites is 1. The number of nitrogens with zero attached hydrogens (tertiary/aromatic N) is 1. The second kappa shape index (κ2) is 6.26. The van der Waals surface area contributed by atoms with Crippen LogP contribution in [0.3, 0.4) is 0 Å². The lowest BCUT2D eigenvalue weighted by molar-refractivity contribution is -0.385. The van der Waals surface area contributed by atoms with Crippen LogP contribution in [0.5, 0.6) is 11.5 Å². The van der Waals surface area contributed by atoms with Gasteiger partial charge in [0, 0.05) is 17.7 Å². The predicted octanol–water partition coefficient (Wildman–Crippen LogP) is 3.80. The number of hydrogen-bond donors (Lipinski definition) is 0. The highest BCUT2D eigenvalue weighted by Crippen LogP contribution is 2.28. The van der Waals surface area contributed by atoms with Gasteiger partial charge in [-0.2, -0.15) is 0 Å². The summed E-state index contributed by atoms with van der Waals surface area (Å²) in [7, 11) is 1.53. The lowest BCUT2D eigenvalue weighted by atomic mass is 10.1. The standard InChI is InChI=1S/C16H17NO4/c1-11-5-4-6-12(2)16(11)21-10-13-9-14(17(18)19)7-8-15(13)20-3/h4-9H,10H2,1-3H3. The third kappa shape index (κ3) is 3.31. The number of non-ortho nitro benzene ring substituents is 1. The van der Waals surface area contributed by atoms with Crippen molar-refractivity contribution in [2.24, 2.45) is 0 Å². The third-order valence-electron chi connectivity index (χ3n) is 3.26. The highest BCUT2D eigenvalue weighted by molar-refractivity contribution is 5.44. The quantitative estimate of drug-likeness (QED) is 0.620. The zero-order chi connectivity index (χ0) is 15.4. The van der Waals surface area contributed by atoms with Crippen LogP contribution in [0.4, 0.5) is 5.69 Å². The fourth-order valence-electron chi connectivity index (χ4n) is 2.17. The molecule has 0 spiro atoms. The summed E-state index contributed by atoms with van der Waals surface area (Å²) < 4.78 is 11.1. The summed E-state index contributed by atoms with van der Waals surface area (Å²) in [5.41, 5.74) is 2.73. The van der Waals surface area contributed by atoms with Crippen LogP contribution < -0.4 is 9.47 Å². The zero-order valence-corrected chi connectivity index (χ0v) is 12.3. The minimum atomic E-state index is -0.429. The molecular formula is C16H17NO4. The number of aryl methyl sites for hydroxylation is 2. The van der Waals surface area contributed by atoms with Gasteiger partial charge in [-0.25, -0.2) is 0 Å². The Hall–Kier alpha value is -2.56. The van der Waals surface area contributed by atoms with Crippen LogP contribution in [0, 0.1) is 24.0 Å². The predicted molar refractivity (Wildman–Crippen MR) is 79.9 cm³/mol. The minimum absolute atomic E-state index is 0.0240. The molecule has 0 aliphatic heterocycles. The van der Waals surface area contributed by atoms with Crippen molar-refractivity contribution in [3.63, 3.8) is 0 Å². The summed E-state index contributed by atoms with van der Waals surface area (Å²) in [5.74, 6) is 1.37.